The largest absolute Gasteiger partial charge is 0.756 e. The maximum Gasteiger partial charge on any atom is 0.306 e. The van der Waals surface area contributed by atoms with E-state index in [1.807, 2.05) is 33.3 Å². The topological polar surface area (TPSA) is 114 Å². The van der Waals surface area contributed by atoms with Gasteiger partial charge in [0.05, 0.1) is 33.8 Å². The summed E-state index contributed by atoms with van der Waals surface area (Å²) >= 11 is 0. The summed E-state index contributed by atoms with van der Waals surface area (Å²) in [5.41, 5.74) is 0. The molecular formula is C69H119N2O7P. The average molecular weight is 1120 g/mol. The van der Waals surface area contributed by atoms with Crippen LogP contribution in [0.4, 0.5) is 0 Å². The number of carbonyl (C=O) groups is 2. The van der Waals surface area contributed by atoms with Gasteiger partial charge in [0.1, 0.15) is 19.3 Å². The van der Waals surface area contributed by atoms with Crippen LogP contribution in [0, 0.1) is 0 Å². The minimum atomic E-state index is -4.72. The van der Waals surface area contributed by atoms with Crippen molar-refractivity contribution in [3.8, 4) is 0 Å². The van der Waals surface area contributed by atoms with Crippen LogP contribution in [-0.4, -0.2) is 69.4 Å². The van der Waals surface area contributed by atoms with Crippen LogP contribution < -0.4 is 10.2 Å². The third-order valence-electron chi connectivity index (χ3n) is 13.4. The van der Waals surface area contributed by atoms with Crippen LogP contribution in [0.3, 0.4) is 0 Å². The van der Waals surface area contributed by atoms with Crippen molar-refractivity contribution >= 4 is 19.7 Å². The van der Waals surface area contributed by atoms with Gasteiger partial charge in [-0.3, -0.25) is 14.2 Å². The summed E-state index contributed by atoms with van der Waals surface area (Å²) in [5.74, 6) is -0.591. The number of esters is 1. The second-order valence-electron chi connectivity index (χ2n) is 22.2. The van der Waals surface area contributed by atoms with Gasteiger partial charge >= 0.3 is 5.97 Å². The van der Waals surface area contributed by atoms with E-state index in [-0.39, 0.29) is 31.3 Å². The number of phosphoric acid groups is 1. The molecule has 0 heterocycles. The van der Waals surface area contributed by atoms with Gasteiger partial charge in [0.15, 0.2) is 0 Å². The molecule has 0 aliphatic heterocycles. The summed E-state index contributed by atoms with van der Waals surface area (Å²) in [7, 11) is 1.14. The van der Waals surface area contributed by atoms with Gasteiger partial charge in [0.2, 0.25) is 5.91 Å². The van der Waals surface area contributed by atoms with Gasteiger partial charge in [-0.25, -0.2) is 0 Å². The molecule has 0 aliphatic carbocycles. The maximum absolute atomic E-state index is 13.5. The molecule has 1 N–H and O–H groups in total. The summed E-state index contributed by atoms with van der Waals surface area (Å²) in [4.78, 5) is 40.0. The Kier molecular flexibility index (Phi) is 55.0. The van der Waals surface area contributed by atoms with Crippen LogP contribution in [0.25, 0.3) is 0 Å². The maximum atomic E-state index is 13.5. The summed E-state index contributed by atoms with van der Waals surface area (Å²) in [6, 6.07) is -0.915. The van der Waals surface area contributed by atoms with Gasteiger partial charge in [-0.15, -0.1) is 0 Å². The lowest BCUT2D eigenvalue weighted by Crippen LogP contribution is -2.47. The standard InChI is InChI=1S/C69H119N2O7P/c1-7-10-13-16-19-22-25-27-29-31-32-33-34-35-36-37-38-40-42-44-47-50-53-56-59-62-69(73)78-67(60-57-54-51-48-45-24-21-18-15-12-9-3)66(65-77-79(74,75)76-64-63-71(4,5)6)70-68(72)61-58-55-52-49-46-43-41-39-30-28-26-23-20-17-14-11-8-2/h10,13,19-20,22-23,27-30,32-33,35-36,38,40-41,43,57,60,66-67H,7-9,11-12,14-18,21,24-26,31,34,37,39,42,44-56,58-59,61-65H2,1-6H3,(H-,70,72,74,75)/b13-10-,22-19-,23-20-,29-27-,30-28-,33-32-,36-35-,40-38-,43-41-,60-57-. The van der Waals surface area contributed by atoms with E-state index in [9.17, 15) is 19.0 Å². The summed E-state index contributed by atoms with van der Waals surface area (Å²) in [6.07, 6.45) is 80.2. The Bertz CT molecular complexity index is 1770. The van der Waals surface area contributed by atoms with Crippen molar-refractivity contribution in [3.63, 3.8) is 0 Å². The van der Waals surface area contributed by atoms with Crippen LogP contribution in [0.2, 0.25) is 0 Å². The highest BCUT2D eigenvalue weighted by molar-refractivity contribution is 7.45. The predicted octanol–water partition coefficient (Wildman–Crippen LogP) is 19.3. The molecule has 3 unspecified atom stereocenters. The van der Waals surface area contributed by atoms with Crippen molar-refractivity contribution in [1.29, 1.82) is 0 Å². The van der Waals surface area contributed by atoms with Crippen LogP contribution in [0.15, 0.2) is 122 Å². The number of phosphoric ester groups is 1. The molecule has 0 bridgehead atoms. The van der Waals surface area contributed by atoms with Crippen molar-refractivity contribution in [1.82, 2.24) is 5.32 Å². The fourth-order valence-electron chi connectivity index (χ4n) is 8.47. The van der Waals surface area contributed by atoms with E-state index in [4.69, 9.17) is 13.8 Å². The summed E-state index contributed by atoms with van der Waals surface area (Å²) in [6.45, 7) is 6.65. The molecule has 79 heavy (non-hydrogen) atoms. The molecule has 452 valence electrons. The smallest absolute Gasteiger partial charge is 0.306 e. The van der Waals surface area contributed by atoms with Crippen LogP contribution in [-0.2, 0) is 27.9 Å². The number of nitrogens with one attached hydrogen (secondary N) is 1. The SMILES string of the molecule is CC/C=C\C/C=C\C/C=C\C/C=C\C/C=C\C/C=C\CCCCCCCCC(=O)OC(/C=C\CCCCCCCCCCC)C(COP(=O)([O-])OCC[N+](C)(C)C)NC(=O)CCCCCC/C=C\C/C=C\C/C=C\CCCCC. The quantitative estimate of drug-likeness (QED) is 0.0212. The number of carbonyl (C=O) groups excluding carboxylic acids is 2. The summed E-state index contributed by atoms with van der Waals surface area (Å²) in [5, 5.41) is 3.01. The van der Waals surface area contributed by atoms with Crippen molar-refractivity contribution in [2.75, 3.05) is 40.9 Å². The zero-order valence-electron chi connectivity index (χ0n) is 51.5. The number of hydrogen-bond acceptors (Lipinski definition) is 7. The normalized spacial score (nSPS) is 14.5. The molecule has 3 atom stereocenters. The first-order chi connectivity index (χ1) is 38.4. The number of allylic oxidation sites excluding steroid dienone is 19. The zero-order chi connectivity index (χ0) is 57.9. The van der Waals surface area contributed by atoms with Crippen LogP contribution in [0.1, 0.15) is 252 Å². The first-order valence-electron chi connectivity index (χ1n) is 31.8. The molecule has 1 amide bonds. The third-order valence-corrected chi connectivity index (χ3v) is 14.3. The molecular weight excluding hydrogens is 1000 g/mol. The second kappa shape index (κ2) is 57.6. The lowest BCUT2D eigenvalue weighted by atomic mass is 10.1. The molecule has 0 rings (SSSR count). The van der Waals surface area contributed by atoms with Crippen molar-refractivity contribution in [2.24, 2.45) is 0 Å². The van der Waals surface area contributed by atoms with Crippen molar-refractivity contribution in [2.45, 2.75) is 264 Å². The highest BCUT2D eigenvalue weighted by Gasteiger charge is 2.27. The Hall–Kier alpha value is -3.59. The molecule has 0 spiro atoms. The Morgan fingerprint density at radius 1 is 0.456 bits per heavy atom. The number of amides is 1. The van der Waals surface area contributed by atoms with Gasteiger partial charge in [0.25, 0.3) is 7.82 Å². The van der Waals surface area contributed by atoms with Crippen LogP contribution in [0.5, 0.6) is 0 Å². The fourth-order valence-corrected chi connectivity index (χ4v) is 9.19. The monoisotopic (exact) mass is 1120 g/mol. The number of nitrogens with zero attached hydrogens (tertiary/aromatic N) is 1. The first kappa shape index (κ1) is 75.4. The average Bonchev–Trinajstić information content (AvgIpc) is 3.41. The molecule has 0 aromatic heterocycles. The number of rotatable bonds is 56. The lowest BCUT2D eigenvalue weighted by Gasteiger charge is -2.30. The Balaban J connectivity index is 5.23. The first-order valence-corrected chi connectivity index (χ1v) is 33.3. The molecule has 0 radical (unpaired) electrons. The summed E-state index contributed by atoms with van der Waals surface area (Å²) < 4.78 is 30.3. The molecule has 0 aliphatic rings. The highest BCUT2D eigenvalue weighted by Crippen LogP contribution is 2.38. The molecule has 0 aromatic rings. The van der Waals surface area contributed by atoms with Gasteiger partial charge in [-0.05, 0) is 122 Å². The third kappa shape index (κ3) is 58.9. The van der Waals surface area contributed by atoms with Gasteiger partial charge in [-0.1, -0.05) is 239 Å². The van der Waals surface area contributed by atoms with E-state index >= 15 is 0 Å². The predicted molar refractivity (Wildman–Crippen MR) is 339 cm³/mol. The van der Waals surface area contributed by atoms with E-state index in [0.29, 0.717) is 23.9 Å². The molecule has 0 fully saturated rings. The molecule has 9 nitrogen and oxygen atoms in total. The lowest BCUT2D eigenvalue weighted by molar-refractivity contribution is -0.870. The fraction of sp³-hybridized carbons (Fsp3) is 0.681. The number of quaternary nitrogens is 1. The minimum Gasteiger partial charge on any atom is -0.756 e. The second-order valence-corrected chi connectivity index (χ2v) is 23.6. The van der Waals surface area contributed by atoms with E-state index in [1.165, 1.54) is 70.6 Å². The molecule has 0 saturated carbocycles. The van der Waals surface area contributed by atoms with Gasteiger partial charge in [-0.2, -0.15) is 0 Å². The zero-order valence-corrected chi connectivity index (χ0v) is 52.4. The number of unbranched alkanes of at least 4 members (excludes halogenated alkanes) is 22. The molecule has 0 saturated heterocycles. The highest BCUT2D eigenvalue weighted by atomic mass is 31.2. The minimum absolute atomic E-state index is 0.0359. The van der Waals surface area contributed by atoms with Crippen molar-refractivity contribution < 1.29 is 37.3 Å². The van der Waals surface area contributed by atoms with E-state index < -0.39 is 26.6 Å². The Labute approximate surface area is 486 Å². The van der Waals surface area contributed by atoms with Gasteiger partial charge < -0.3 is 28.5 Å². The van der Waals surface area contributed by atoms with E-state index in [0.717, 1.165) is 135 Å². The Morgan fingerprint density at radius 2 is 0.810 bits per heavy atom. The number of likely N-dealkylation sites (N-methyl/N-ethyl adjacent to an activating group) is 1. The molecule has 10 heteroatoms. The van der Waals surface area contributed by atoms with E-state index in [2.05, 4.69) is 135 Å². The Morgan fingerprint density at radius 3 is 1.24 bits per heavy atom. The number of ether oxygens (including phenoxy) is 1. The van der Waals surface area contributed by atoms with Crippen molar-refractivity contribution in [3.05, 3.63) is 122 Å². The van der Waals surface area contributed by atoms with Gasteiger partial charge in [0, 0.05) is 12.8 Å². The number of hydrogen-bond donors (Lipinski definition) is 1. The molecule has 0 aromatic carbocycles. The van der Waals surface area contributed by atoms with Crippen LogP contribution >= 0.6 is 7.82 Å². The van der Waals surface area contributed by atoms with E-state index in [1.54, 1.807) is 0 Å².